The van der Waals surface area contributed by atoms with Crippen molar-refractivity contribution in [2.45, 2.75) is 0 Å². The Kier molecular flexibility index (Phi) is 4.22. The second kappa shape index (κ2) is 6.33. The van der Waals surface area contributed by atoms with Crippen LogP contribution < -0.4 is 5.32 Å². The number of aliphatic imine (C=N–C) groups is 1. The fourth-order valence-corrected chi connectivity index (χ4v) is 2.85. The molecule has 1 aromatic heterocycles. The molecule has 0 amide bonds. The molecule has 24 heavy (non-hydrogen) atoms. The molecule has 2 heterocycles. The largest absolute Gasteiger partial charge is 0.460 e. The second-order valence-corrected chi connectivity index (χ2v) is 5.30. The third kappa shape index (κ3) is 2.61. The number of halogens is 1. The normalized spacial score (nSPS) is 13.2. The summed E-state index contributed by atoms with van der Waals surface area (Å²) in [6.07, 6.45) is 1.69. The van der Waals surface area contributed by atoms with E-state index in [1.807, 2.05) is 24.3 Å². The van der Waals surface area contributed by atoms with Gasteiger partial charge in [0.15, 0.2) is 11.6 Å². The van der Waals surface area contributed by atoms with Crippen molar-refractivity contribution < 1.29 is 9.34 Å². The molecule has 7 heteroatoms. The highest BCUT2D eigenvalue weighted by Gasteiger charge is 2.19. The average molecular weight is 344 g/mol. The van der Waals surface area contributed by atoms with Gasteiger partial charge in [0.05, 0.1) is 17.7 Å². The van der Waals surface area contributed by atoms with Crippen LogP contribution in [-0.2, 0) is 0 Å². The van der Waals surface area contributed by atoms with Crippen molar-refractivity contribution in [2.24, 2.45) is 4.99 Å². The van der Waals surface area contributed by atoms with E-state index in [9.17, 15) is 10.1 Å². The minimum Gasteiger partial charge on any atom is -0.460 e. The Hall–Kier alpha value is -2.86. The van der Waals surface area contributed by atoms with Crippen LogP contribution in [0.4, 0.5) is 5.69 Å². The topological polar surface area (TPSA) is 80.7 Å². The van der Waals surface area contributed by atoms with Gasteiger partial charge in [-0.1, -0.05) is 30.3 Å². The van der Waals surface area contributed by atoms with Crippen molar-refractivity contribution in [1.29, 1.82) is 0 Å². The highest BCUT2D eigenvalue weighted by atomic mass is 35.5. The second-order valence-electron chi connectivity index (χ2n) is 5.30. The number of nitrogens with one attached hydrogen (secondary N) is 1. The van der Waals surface area contributed by atoms with Crippen LogP contribution in [0.5, 0.6) is 0 Å². The van der Waals surface area contributed by atoms with Crippen molar-refractivity contribution in [1.82, 2.24) is 5.32 Å². The maximum absolute atomic E-state index is 11.0. The Morgan fingerprint density at radius 1 is 1.21 bits per heavy atom. The summed E-state index contributed by atoms with van der Waals surface area (Å²) in [7, 11) is 0. The maximum Gasteiger partial charge on any atom is 0.270 e. The van der Waals surface area contributed by atoms with E-state index in [0.29, 0.717) is 5.76 Å². The molecule has 1 N–H and O–H groups in total. The molecule has 1 aliphatic rings. The van der Waals surface area contributed by atoms with Crippen LogP contribution in [-0.4, -0.2) is 23.8 Å². The van der Waals surface area contributed by atoms with Gasteiger partial charge in [-0.3, -0.25) is 15.1 Å². The average Bonchev–Trinajstić information content (AvgIpc) is 3.23. The fourth-order valence-electron chi connectivity index (χ4n) is 2.85. The molecule has 0 radical (unpaired) electrons. The van der Waals surface area contributed by atoms with Crippen LogP contribution in [0.3, 0.4) is 0 Å². The van der Waals surface area contributed by atoms with Crippen molar-refractivity contribution >= 4 is 34.7 Å². The third-order valence-corrected chi connectivity index (χ3v) is 3.88. The molecule has 0 bridgehead atoms. The summed E-state index contributed by atoms with van der Waals surface area (Å²) >= 11 is 0. The molecule has 1 aliphatic heterocycles. The number of nitro benzene ring substituents is 1. The van der Waals surface area contributed by atoms with E-state index < -0.39 is 0 Å². The molecule has 3 aromatic rings. The molecule has 0 saturated carbocycles. The molecule has 0 atom stereocenters. The first-order valence-corrected chi connectivity index (χ1v) is 7.28. The lowest BCUT2D eigenvalue weighted by Crippen LogP contribution is -2.19. The van der Waals surface area contributed by atoms with Crippen LogP contribution in [0.25, 0.3) is 21.9 Å². The molecule has 2 aromatic carbocycles. The monoisotopic (exact) mass is 343 g/mol. The zero-order valence-corrected chi connectivity index (χ0v) is 13.4. The maximum atomic E-state index is 11.0. The number of rotatable bonds is 3. The van der Waals surface area contributed by atoms with Gasteiger partial charge in [-0.15, -0.1) is 12.4 Å². The fraction of sp³-hybridized carbons (Fsp3) is 0.118. The van der Waals surface area contributed by atoms with Crippen LogP contribution in [0, 0.1) is 10.1 Å². The summed E-state index contributed by atoms with van der Waals surface area (Å²) in [5, 5.41) is 16.1. The number of benzene rings is 2. The smallest absolute Gasteiger partial charge is 0.270 e. The van der Waals surface area contributed by atoms with E-state index in [2.05, 4.69) is 10.3 Å². The SMILES string of the molecule is Cl.O=[N+]([O-])c1cccc(-c2cccc3coc(C4=NCCN4)c23)c1. The lowest BCUT2D eigenvalue weighted by Gasteiger charge is -2.06. The van der Waals surface area contributed by atoms with Crippen molar-refractivity contribution in [3.8, 4) is 11.1 Å². The summed E-state index contributed by atoms with van der Waals surface area (Å²) in [6.45, 7) is 1.51. The number of amidine groups is 1. The first kappa shape index (κ1) is 16.0. The Morgan fingerprint density at radius 3 is 2.79 bits per heavy atom. The van der Waals surface area contributed by atoms with E-state index in [-0.39, 0.29) is 23.0 Å². The molecule has 0 saturated heterocycles. The van der Waals surface area contributed by atoms with Gasteiger partial charge in [-0.05, 0) is 11.1 Å². The molecule has 0 fully saturated rings. The van der Waals surface area contributed by atoms with Gasteiger partial charge in [-0.2, -0.15) is 0 Å². The number of hydrogen-bond acceptors (Lipinski definition) is 5. The van der Waals surface area contributed by atoms with Crippen LogP contribution >= 0.6 is 12.4 Å². The van der Waals surface area contributed by atoms with Gasteiger partial charge in [0.2, 0.25) is 0 Å². The number of fused-ring (bicyclic) bond motifs is 1. The zero-order valence-electron chi connectivity index (χ0n) is 12.6. The van der Waals surface area contributed by atoms with Crippen molar-refractivity contribution in [3.63, 3.8) is 0 Å². The van der Waals surface area contributed by atoms with E-state index in [1.165, 1.54) is 6.07 Å². The van der Waals surface area contributed by atoms with Gasteiger partial charge in [0.1, 0.15) is 0 Å². The molecule has 122 valence electrons. The molecular weight excluding hydrogens is 330 g/mol. The van der Waals surface area contributed by atoms with Gasteiger partial charge in [0.25, 0.3) is 5.69 Å². The zero-order chi connectivity index (χ0) is 15.8. The van der Waals surface area contributed by atoms with E-state index in [1.54, 1.807) is 18.4 Å². The Balaban J connectivity index is 0.00000169. The minimum atomic E-state index is -0.386. The number of non-ortho nitro benzene ring substituents is 1. The summed E-state index contributed by atoms with van der Waals surface area (Å²) in [4.78, 5) is 15.1. The van der Waals surface area contributed by atoms with Gasteiger partial charge in [0, 0.05) is 29.4 Å². The van der Waals surface area contributed by atoms with E-state index in [0.717, 1.165) is 40.8 Å². The highest BCUT2D eigenvalue weighted by molar-refractivity contribution is 6.13. The van der Waals surface area contributed by atoms with Crippen LogP contribution in [0.2, 0.25) is 0 Å². The van der Waals surface area contributed by atoms with Gasteiger partial charge >= 0.3 is 0 Å². The highest BCUT2D eigenvalue weighted by Crippen LogP contribution is 2.34. The predicted molar refractivity (Wildman–Crippen MR) is 95.0 cm³/mol. The molecular formula is C17H14ClN3O3. The van der Waals surface area contributed by atoms with E-state index in [4.69, 9.17) is 4.42 Å². The number of furan rings is 1. The summed E-state index contributed by atoms with van der Waals surface area (Å²) in [5.41, 5.74) is 1.75. The van der Waals surface area contributed by atoms with Gasteiger partial charge < -0.3 is 9.73 Å². The summed E-state index contributed by atoms with van der Waals surface area (Å²) < 4.78 is 5.71. The lowest BCUT2D eigenvalue weighted by atomic mass is 9.98. The molecule has 0 aliphatic carbocycles. The summed E-state index contributed by atoms with van der Waals surface area (Å²) in [5.74, 6) is 1.41. The number of nitro groups is 1. The van der Waals surface area contributed by atoms with E-state index >= 15 is 0 Å². The Bertz CT molecular complexity index is 949. The summed E-state index contributed by atoms with van der Waals surface area (Å²) in [6, 6.07) is 12.4. The molecule has 6 nitrogen and oxygen atoms in total. The Morgan fingerprint density at radius 2 is 2.04 bits per heavy atom. The Labute approximate surface area is 143 Å². The quantitative estimate of drug-likeness (QED) is 0.579. The molecule has 0 unspecified atom stereocenters. The molecule has 4 rings (SSSR count). The number of nitrogens with zero attached hydrogens (tertiary/aromatic N) is 2. The van der Waals surface area contributed by atoms with Crippen LogP contribution in [0.15, 0.2) is 58.1 Å². The lowest BCUT2D eigenvalue weighted by molar-refractivity contribution is -0.384. The first-order valence-electron chi connectivity index (χ1n) is 7.28. The predicted octanol–water partition coefficient (Wildman–Crippen LogP) is 3.78. The molecule has 0 spiro atoms. The van der Waals surface area contributed by atoms with Crippen molar-refractivity contribution in [3.05, 3.63) is 64.6 Å². The van der Waals surface area contributed by atoms with Gasteiger partial charge in [-0.25, -0.2) is 0 Å². The number of hydrogen-bond donors (Lipinski definition) is 1. The minimum absolute atomic E-state index is 0. The standard InChI is InChI=1S/C17H13N3O3.ClH/c21-20(22)13-5-1-3-11(9-13)14-6-2-4-12-10-23-16(15(12)14)17-18-7-8-19-17;/h1-6,9-10H,7-8H2,(H,18,19);1H. The third-order valence-electron chi connectivity index (χ3n) is 3.88. The van der Waals surface area contributed by atoms with Crippen LogP contribution in [0.1, 0.15) is 5.76 Å². The van der Waals surface area contributed by atoms with Crippen molar-refractivity contribution in [2.75, 3.05) is 13.1 Å². The first-order chi connectivity index (χ1) is 11.2.